The number of carbonyl (C=O) groups excluding carboxylic acids is 1. The molecule has 0 spiro atoms. The van der Waals surface area contributed by atoms with Gasteiger partial charge in [-0.15, -0.1) is 12.4 Å². The molecule has 3 rings (SSSR count). The van der Waals surface area contributed by atoms with E-state index in [1.807, 2.05) is 24.3 Å². The first kappa shape index (κ1) is 18.5. The van der Waals surface area contributed by atoms with Crippen molar-refractivity contribution in [3.05, 3.63) is 42.0 Å². The summed E-state index contributed by atoms with van der Waals surface area (Å²) in [6.07, 6.45) is 0. The molecule has 2 atom stereocenters. The van der Waals surface area contributed by atoms with Gasteiger partial charge in [0.1, 0.15) is 0 Å². The zero-order valence-corrected chi connectivity index (χ0v) is 15.2. The Bertz CT molecular complexity index is 883. The van der Waals surface area contributed by atoms with E-state index in [1.54, 1.807) is 30.9 Å². The maximum Gasteiger partial charge on any atom is 0.256 e. The Kier molecular flexibility index (Phi) is 5.11. The molecule has 7 heteroatoms. The van der Waals surface area contributed by atoms with E-state index in [9.17, 15) is 13.2 Å². The van der Waals surface area contributed by atoms with Crippen molar-refractivity contribution >= 4 is 44.6 Å². The van der Waals surface area contributed by atoms with E-state index in [0.29, 0.717) is 11.3 Å². The average Bonchev–Trinajstić information content (AvgIpc) is 2.51. The van der Waals surface area contributed by atoms with Gasteiger partial charge in [-0.3, -0.25) is 4.79 Å². The first-order valence-electron chi connectivity index (χ1n) is 7.62. The molecule has 1 heterocycles. The zero-order valence-electron chi connectivity index (χ0n) is 13.6. The van der Waals surface area contributed by atoms with Crippen molar-refractivity contribution in [1.29, 1.82) is 0 Å². The van der Waals surface area contributed by atoms with Gasteiger partial charge >= 0.3 is 0 Å². The number of amides is 1. The van der Waals surface area contributed by atoms with Crippen LogP contribution in [0.25, 0.3) is 10.8 Å². The van der Waals surface area contributed by atoms with Crippen LogP contribution in [0.3, 0.4) is 0 Å². The Morgan fingerprint density at radius 3 is 2.38 bits per heavy atom. The fourth-order valence-corrected chi connectivity index (χ4v) is 4.62. The molecule has 24 heavy (non-hydrogen) atoms. The molecule has 1 aliphatic heterocycles. The van der Waals surface area contributed by atoms with E-state index in [-0.39, 0.29) is 36.7 Å². The molecule has 130 valence electrons. The second-order valence-electron chi connectivity index (χ2n) is 6.10. The van der Waals surface area contributed by atoms with Crippen molar-refractivity contribution in [2.45, 2.75) is 25.1 Å². The first-order chi connectivity index (χ1) is 10.8. The fourth-order valence-electron chi connectivity index (χ4n) is 3.05. The number of hydrogen-bond acceptors (Lipinski definition) is 4. The molecule has 0 aromatic heterocycles. The predicted molar refractivity (Wildman–Crippen MR) is 99.4 cm³/mol. The van der Waals surface area contributed by atoms with Crippen LogP contribution in [-0.2, 0) is 9.84 Å². The number of carbonyl (C=O) groups is 1. The summed E-state index contributed by atoms with van der Waals surface area (Å²) in [5.74, 6) is -0.208. The van der Waals surface area contributed by atoms with E-state index in [0.717, 1.165) is 10.8 Å². The van der Waals surface area contributed by atoms with Crippen molar-refractivity contribution in [3.63, 3.8) is 0 Å². The largest absolute Gasteiger partial charge is 0.398 e. The second kappa shape index (κ2) is 6.61. The maximum absolute atomic E-state index is 12.9. The highest BCUT2D eigenvalue weighted by molar-refractivity contribution is 7.92. The van der Waals surface area contributed by atoms with Crippen LogP contribution in [0, 0.1) is 0 Å². The first-order valence-corrected chi connectivity index (χ1v) is 9.33. The van der Waals surface area contributed by atoms with E-state index < -0.39 is 15.1 Å². The van der Waals surface area contributed by atoms with Crippen LogP contribution in [0.2, 0.25) is 0 Å². The number of nitrogens with zero attached hydrogens (tertiary/aromatic N) is 1. The van der Waals surface area contributed by atoms with Crippen LogP contribution in [0.5, 0.6) is 0 Å². The van der Waals surface area contributed by atoms with Gasteiger partial charge in [0.25, 0.3) is 5.91 Å². The summed E-state index contributed by atoms with van der Waals surface area (Å²) in [6, 6.07) is 10.9. The summed E-state index contributed by atoms with van der Waals surface area (Å²) < 4.78 is 24.0. The Hall–Kier alpha value is -1.79. The van der Waals surface area contributed by atoms with E-state index in [4.69, 9.17) is 5.73 Å². The zero-order chi connectivity index (χ0) is 16.8. The lowest BCUT2D eigenvalue weighted by Gasteiger charge is -2.37. The van der Waals surface area contributed by atoms with Crippen molar-refractivity contribution < 1.29 is 13.2 Å². The summed E-state index contributed by atoms with van der Waals surface area (Å²) in [6.45, 7) is 3.64. The minimum atomic E-state index is -3.13. The monoisotopic (exact) mass is 368 g/mol. The van der Waals surface area contributed by atoms with Gasteiger partial charge in [-0.25, -0.2) is 8.42 Å². The Morgan fingerprint density at radius 1 is 1.17 bits per heavy atom. The van der Waals surface area contributed by atoms with E-state index >= 15 is 0 Å². The predicted octanol–water partition coefficient (Wildman–Crippen LogP) is 2.49. The van der Waals surface area contributed by atoms with Gasteiger partial charge in [0.15, 0.2) is 9.84 Å². The van der Waals surface area contributed by atoms with Crippen LogP contribution in [-0.4, -0.2) is 42.8 Å². The Balaban J connectivity index is 0.00000208. The van der Waals surface area contributed by atoms with E-state index in [1.165, 1.54) is 0 Å². The molecule has 0 aliphatic carbocycles. The van der Waals surface area contributed by atoms with Crippen LogP contribution in [0.15, 0.2) is 36.4 Å². The SMILES string of the molecule is CC1C(C)S(=O)(=O)CCN1C(=O)c1cc2ccccc2cc1N.Cl. The summed E-state index contributed by atoms with van der Waals surface area (Å²) in [5, 5.41) is 1.35. The molecular formula is C17H21ClN2O3S. The summed E-state index contributed by atoms with van der Waals surface area (Å²) in [5.41, 5.74) is 6.91. The number of benzene rings is 2. The molecular weight excluding hydrogens is 348 g/mol. The molecule has 2 N–H and O–H groups in total. The van der Waals surface area contributed by atoms with Crippen molar-refractivity contribution in [2.75, 3.05) is 18.0 Å². The topological polar surface area (TPSA) is 80.5 Å². The number of fused-ring (bicyclic) bond motifs is 1. The molecule has 1 aliphatic rings. The lowest BCUT2D eigenvalue weighted by molar-refractivity contribution is 0.0694. The standard InChI is InChI=1S/C17H20N2O3S.ClH/c1-11-12(2)23(21,22)8-7-19(11)17(20)15-9-13-5-3-4-6-14(13)10-16(15)18;/h3-6,9-12H,7-8,18H2,1-2H3;1H. The van der Waals surface area contributed by atoms with Gasteiger partial charge in [0, 0.05) is 18.3 Å². The van der Waals surface area contributed by atoms with Crippen molar-refractivity contribution in [1.82, 2.24) is 4.90 Å². The molecule has 5 nitrogen and oxygen atoms in total. The molecule has 0 bridgehead atoms. The third-order valence-electron chi connectivity index (χ3n) is 4.76. The lowest BCUT2D eigenvalue weighted by Crippen LogP contribution is -2.54. The summed E-state index contributed by atoms with van der Waals surface area (Å²) >= 11 is 0. The van der Waals surface area contributed by atoms with Crippen molar-refractivity contribution in [3.8, 4) is 0 Å². The number of nitrogens with two attached hydrogens (primary N) is 1. The molecule has 2 aromatic rings. The number of hydrogen-bond donors (Lipinski definition) is 1. The van der Waals surface area contributed by atoms with Gasteiger partial charge in [-0.2, -0.15) is 0 Å². The number of anilines is 1. The summed E-state index contributed by atoms with van der Waals surface area (Å²) in [7, 11) is -3.13. The number of rotatable bonds is 1. The number of nitrogen functional groups attached to an aromatic ring is 1. The molecule has 2 aromatic carbocycles. The Labute approximate surface area is 148 Å². The Morgan fingerprint density at radius 2 is 1.75 bits per heavy atom. The second-order valence-corrected chi connectivity index (χ2v) is 8.58. The fraction of sp³-hybridized carbons (Fsp3) is 0.353. The molecule has 0 radical (unpaired) electrons. The van der Waals surface area contributed by atoms with Crippen LogP contribution < -0.4 is 5.73 Å². The van der Waals surface area contributed by atoms with Crippen LogP contribution in [0.4, 0.5) is 5.69 Å². The van der Waals surface area contributed by atoms with Crippen LogP contribution in [0.1, 0.15) is 24.2 Å². The highest BCUT2D eigenvalue weighted by Crippen LogP contribution is 2.26. The van der Waals surface area contributed by atoms with Gasteiger partial charge in [-0.05, 0) is 36.8 Å². The van der Waals surface area contributed by atoms with Crippen molar-refractivity contribution in [2.24, 2.45) is 0 Å². The third-order valence-corrected chi connectivity index (χ3v) is 7.04. The number of halogens is 1. The van der Waals surface area contributed by atoms with Crippen LogP contribution >= 0.6 is 12.4 Å². The van der Waals surface area contributed by atoms with Gasteiger partial charge < -0.3 is 10.6 Å². The molecule has 2 unspecified atom stereocenters. The number of sulfone groups is 1. The quantitative estimate of drug-likeness (QED) is 0.784. The maximum atomic E-state index is 12.9. The van der Waals surface area contributed by atoms with Gasteiger partial charge in [-0.1, -0.05) is 24.3 Å². The normalized spacial score (nSPS) is 22.8. The third kappa shape index (κ3) is 3.08. The molecule has 1 amide bonds. The van der Waals surface area contributed by atoms with E-state index in [2.05, 4.69) is 0 Å². The minimum absolute atomic E-state index is 0. The average molecular weight is 369 g/mol. The highest BCUT2D eigenvalue weighted by atomic mass is 35.5. The minimum Gasteiger partial charge on any atom is -0.398 e. The molecule has 1 saturated heterocycles. The summed E-state index contributed by atoms with van der Waals surface area (Å²) in [4.78, 5) is 14.5. The van der Waals surface area contributed by atoms with Gasteiger partial charge in [0.05, 0.1) is 16.6 Å². The lowest BCUT2D eigenvalue weighted by atomic mass is 10.0. The molecule has 0 saturated carbocycles. The smallest absolute Gasteiger partial charge is 0.256 e. The highest BCUT2D eigenvalue weighted by Gasteiger charge is 2.38. The molecule has 1 fully saturated rings. The van der Waals surface area contributed by atoms with Gasteiger partial charge in [0.2, 0.25) is 0 Å².